The van der Waals surface area contributed by atoms with Crippen molar-refractivity contribution in [2.75, 3.05) is 25.0 Å². The number of hydrogen-bond donors (Lipinski definition) is 2. The Labute approximate surface area is 142 Å². The van der Waals surface area contributed by atoms with E-state index >= 15 is 0 Å². The zero-order chi connectivity index (χ0) is 16.9. The summed E-state index contributed by atoms with van der Waals surface area (Å²) in [6.45, 7) is 8.07. The number of carbonyl (C=O) groups is 1. The number of urea groups is 1. The smallest absolute Gasteiger partial charge is 0.323 e. The van der Waals surface area contributed by atoms with Crippen molar-refractivity contribution < 1.29 is 4.79 Å². The van der Waals surface area contributed by atoms with Gasteiger partial charge in [0.1, 0.15) is 0 Å². The Morgan fingerprint density at radius 3 is 2.75 bits per heavy atom. The molecule has 0 saturated carbocycles. The van der Waals surface area contributed by atoms with Crippen molar-refractivity contribution in [1.29, 1.82) is 0 Å². The Balaban J connectivity index is 1.65. The van der Waals surface area contributed by atoms with Gasteiger partial charge in [0.15, 0.2) is 5.82 Å². The molecule has 0 atom stereocenters. The van der Waals surface area contributed by atoms with Crippen LogP contribution < -0.4 is 5.32 Å². The first kappa shape index (κ1) is 16.5. The van der Waals surface area contributed by atoms with Crippen molar-refractivity contribution >= 4 is 11.8 Å². The van der Waals surface area contributed by atoms with Crippen molar-refractivity contribution in [1.82, 2.24) is 20.0 Å². The molecule has 0 saturated heterocycles. The lowest BCUT2D eigenvalue weighted by Crippen LogP contribution is -2.35. The normalized spacial score (nSPS) is 14.2. The number of H-pyrrole nitrogens is 1. The summed E-state index contributed by atoms with van der Waals surface area (Å²) in [5.74, 6) is 0.682. The van der Waals surface area contributed by atoms with Crippen molar-refractivity contribution in [2.45, 2.75) is 33.4 Å². The highest BCUT2D eigenvalue weighted by atomic mass is 16.2. The van der Waals surface area contributed by atoms with E-state index in [1.807, 2.05) is 19.9 Å². The van der Waals surface area contributed by atoms with Gasteiger partial charge in [0.2, 0.25) is 0 Å². The number of anilines is 1. The second-order valence-electron chi connectivity index (χ2n) is 6.08. The fourth-order valence-corrected chi connectivity index (χ4v) is 3.15. The lowest BCUT2D eigenvalue weighted by molar-refractivity contribution is 0.217. The minimum Gasteiger partial charge on any atom is -0.325 e. The van der Waals surface area contributed by atoms with Crippen molar-refractivity contribution in [3.05, 3.63) is 47.2 Å². The molecule has 2 aromatic rings. The fourth-order valence-electron chi connectivity index (χ4n) is 3.15. The quantitative estimate of drug-likeness (QED) is 0.887. The van der Waals surface area contributed by atoms with E-state index < -0.39 is 0 Å². The minimum atomic E-state index is -0.0824. The van der Waals surface area contributed by atoms with Gasteiger partial charge in [0, 0.05) is 38.3 Å². The van der Waals surface area contributed by atoms with Gasteiger partial charge in [-0.15, -0.1) is 0 Å². The van der Waals surface area contributed by atoms with Gasteiger partial charge < -0.3 is 4.90 Å². The molecule has 128 valence electrons. The molecule has 24 heavy (non-hydrogen) atoms. The molecule has 1 aliphatic heterocycles. The molecule has 2 heterocycles. The van der Waals surface area contributed by atoms with E-state index in [4.69, 9.17) is 0 Å². The number of nitrogens with zero attached hydrogens (tertiary/aromatic N) is 3. The fraction of sp³-hybridized carbons (Fsp3) is 0.444. The first-order valence-electron chi connectivity index (χ1n) is 8.59. The summed E-state index contributed by atoms with van der Waals surface area (Å²) in [6.07, 6.45) is 0.895. The Kier molecular flexibility index (Phi) is 5.15. The van der Waals surface area contributed by atoms with E-state index in [2.05, 4.69) is 44.7 Å². The van der Waals surface area contributed by atoms with Crippen LogP contribution in [0, 0.1) is 0 Å². The van der Waals surface area contributed by atoms with Crippen LogP contribution in [0.15, 0.2) is 30.3 Å². The largest absolute Gasteiger partial charge is 0.325 e. The van der Waals surface area contributed by atoms with Gasteiger partial charge in [-0.05, 0) is 25.8 Å². The molecular formula is C18H25N5O. The van der Waals surface area contributed by atoms with E-state index in [1.165, 1.54) is 5.56 Å². The van der Waals surface area contributed by atoms with E-state index in [1.54, 1.807) is 4.90 Å². The van der Waals surface area contributed by atoms with E-state index in [-0.39, 0.29) is 6.03 Å². The second-order valence-corrected chi connectivity index (χ2v) is 6.08. The average molecular weight is 327 g/mol. The third-order valence-corrected chi connectivity index (χ3v) is 4.54. The topological polar surface area (TPSA) is 64.3 Å². The lowest BCUT2D eigenvalue weighted by atomic mass is 10.1. The summed E-state index contributed by atoms with van der Waals surface area (Å²) in [5.41, 5.74) is 3.56. The predicted octanol–water partition coefficient (Wildman–Crippen LogP) is 2.84. The maximum absolute atomic E-state index is 12.2. The van der Waals surface area contributed by atoms with E-state index in [9.17, 15) is 4.79 Å². The number of carbonyl (C=O) groups excluding carboxylic acids is 1. The summed E-state index contributed by atoms with van der Waals surface area (Å²) < 4.78 is 0. The van der Waals surface area contributed by atoms with Crippen LogP contribution in [-0.2, 0) is 19.5 Å². The van der Waals surface area contributed by atoms with Crippen LogP contribution in [0.1, 0.15) is 30.7 Å². The minimum absolute atomic E-state index is 0.0824. The van der Waals surface area contributed by atoms with Crippen LogP contribution in [0.25, 0.3) is 0 Å². The van der Waals surface area contributed by atoms with E-state index in [0.717, 1.165) is 37.3 Å². The van der Waals surface area contributed by atoms with Crippen LogP contribution in [0.3, 0.4) is 0 Å². The summed E-state index contributed by atoms with van der Waals surface area (Å²) in [7, 11) is 0. The van der Waals surface area contributed by atoms with Gasteiger partial charge in [0.05, 0.1) is 5.69 Å². The predicted molar refractivity (Wildman–Crippen MR) is 94.8 cm³/mol. The number of rotatable bonds is 5. The van der Waals surface area contributed by atoms with Crippen LogP contribution in [-0.4, -0.2) is 45.7 Å². The molecule has 0 unspecified atom stereocenters. The van der Waals surface area contributed by atoms with Crippen LogP contribution in [0.2, 0.25) is 0 Å². The molecule has 0 aliphatic carbocycles. The molecule has 1 aromatic heterocycles. The zero-order valence-electron chi connectivity index (χ0n) is 14.4. The third kappa shape index (κ3) is 3.59. The molecule has 6 heteroatoms. The molecule has 1 aliphatic rings. The van der Waals surface area contributed by atoms with Crippen molar-refractivity contribution in [3.63, 3.8) is 0 Å². The van der Waals surface area contributed by atoms with Crippen molar-refractivity contribution in [2.24, 2.45) is 0 Å². The van der Waals surface area contributed by atoms with Crippen LogP contribution >= 0.6 is 0 Å². The summed E-state index contributed by atoms with van der Waals surface area (Å²) in [6, 6.07) is 10.4. The van der Waals surface area contributed by atoms with E-state index in [0.29, 0.717) is 18.9 Å². The number of aromatic nitrogens is 2. The molecule has 0 fully saturated rings. The second kappa shape index (κ2) is 7.49. The first-order chi connectivity index (χ1) is 11.7. The van der Waals surface area contributed by atoms with Crippen LogP contribution in [0.5, 0.6) is 0 Å². The molecule has 1 aromatic carbocycles. The number of nitrogens with one attached hydrogen (secondary N) is 2. The third-order valence-electron chi connectivity index (χ3n) is 4.54. The standard InChI is InChI=1S/C18H25N5O/c1-3-23(4-2)18(24)19-17-15-10-11-22(13-16(15)20-21-17)12-14-8-6-5-7-9-14/h5-9H,3-4,10-13H2,1-2H3,(H2,19,20,21,24). The highest BCUT2D eigenvalue weighted by molar-refractivity contribution is 5.89. The molecule has 2 N–H and O–H groups in total. The summed E-state index contributed by atoms with van der Waals surface area (Å²) in [5, 5.41) is 10.4. The highest BCUT2D eigenvalue weighted by Crippen LogP contribution is 2.24. The Morgan fingerprint density at radius 2 is 2.04 bits per heavy atom. The van der Waals surface area contributed by atoms with Crippen LogP contribution in [0.4, 0.5) is 10.6 Å². The molecule has 2 amide bonds. The van der Waals surface area contributed by atoms with Gasteiger partial charge in [-0.2, -0.15) is 5.10 Å². The lowest BCUT2D eigenvalue weighted by Gasteiger charge is -2.27. The van der Waals surface area contributed by atoms with Crippen molar-refractivity contribution in [3.8, 4) is 0 Å². The number of amides is 2. The Bertz CT molecular complexity index is 678. The van der Waals surface area contributed by atoms with Gasteiger partial charge in [-0.1, -0.05) is 30.3 Å². The van der Waals surface area contributed by atoms with Gasteiger partial charge in [-0.25, -0.2) is 4.79 Å². The molecule has 0 radical (unpaired) electrons. The zero-order valence-corrected chi connectivity index (χ0v) is 14.4. The average Bonchev–Trinajstić information content (AvgIpc) is 2.99. The number of benzene rings is 1. The Hall–Kier alpha value is -2.34. The van der Waals surface area contributed by atoms with Gasteiger partial charge >= 0.3 is 6.03 Å². The summed E-state index contributed by atoms with van der Waals surface area (Å²) in [4.78, 5) is 16.4. The monoisotopic (exact) mass is 327 g/mol. The maximum Gasteiger partial charge on any atom is 0.323 e. The van der Waals surface area contributed by atoms with Gasteiger partial charge in [-0.3, -0.25) is 15.3 Å². The Morgan fingerprint density at radius 1 is 1.29 bits per heavy atom. The molecule has 6 nitrogen and oxygen atoms in total. The molecular weight excluding hydrogens is 302 g/mol. The number of fused-ring (bicyclic) bond motifs is 1. The molecule has 3 rings (SSSR count). The maximum atomic E-state index is 12.2. The molecule has 0 bridgehead atoms. The SMILES string of the molecule is CCN(CC)C(=O)Nc1n[nH]c2c1CCN(Cc1ccccc1)C2. The summed E-state index contributed by atoms with van der Waals surface area (Å²) >= 11 is 0. The number of hydrogen-bond acceptors (Lipinski definition) is 3. The first-order valence-corrected chi connectivity index (χ1v) is 8.59. The van der Waals surface area contributed by atoms with Gasteiger partial charge in [0.25, 0.3) is 0 Å². The highest BCUT2D eigenvalue weighted by Gasteiger charge is 2.23. The molecule has 0 spiro atoms. The number of aromatic amines is 1.